The third-order valence-electron chi connectivity index (χ3n) is 5.56. The first-order chi connectivity index (χ1) is 16.2. The molecular weight excluding hydrogens is 428 g/mol. The number of nitrogens with one attached hydrogen (secondary N) is 1. The summed E-state index contributed by atoms with van der Waals surface area (Å²) in [6, 6.07) is 23.3. The number of thioether (sulfide) groups is 1. The van der Waals surface area contributed by atoms with E-state index in [2.05, 4.69) is 102 Å². The number of rotatable bonds is 7. The summed E-state index contributed by atoms with van der Waals surface area (Å²) in [5, 5.41) is 0.968. The molecule has 0 unspecified atom stereocenters. The first-order valence-corrected chi connectivity index (χ1v) is 11.8. The fourth-order valence-corrected chi connectivity index (χ4v) is 4.64. The number of hydrogen-bond acceptors (Lipinski definition) is 4. The number of imidazole rings is 1. The van der Waals surface area contributed by atoms with Crippen molar-refractivity contribution in [3.8, 4) is 5.69 Å². The van der Waals surface area contributed by atoms with E-state index in [4.69, 9.17) is 0 Å². The predicted molar refractivity (Wildman–Crippen MR) is 131 cm³/mol. The Morgan fingerprint density at radius 1 is 0.879 bits per heavy atom. The van der Waals surface area contributed by atoms with Gasteiger partial charge in [-0.05, 0) is 23.3 Å². The Kier molecular flexibility index (Phi) is 6.04. The maximum Gasteiger partial charge on any atom is 0.306 e. The Morgan fingerprint density at radius 3 is 2.36 bits per heavy atom. The Hall–Kier alpha value is -3.71. The van der Waals surface area contributed by atoms with Crippen molar-refractivity contribution >= 4 is 28.6 Å². The predicted octanol–water partition coefficient (Wildman–Crippen LogP) is 3.93. The molecule has 0 fully saturated rings. The molecule has 0 amide bonds. The second-order valence-electron chi connectivity index (χ2n) is 8.08. The minimum Gasteiger partial charge on any atom is -0.377 e. The third kappa shape index (κ3) is 4.73. The smallest absolute Gasteiger partial charge is 0.306 e. The van der Waals surface area contributed by atoms with Gasteiger partial charge in [0.05, 0.1) is 6.54 Å². The molecule has 0 aliphatic heterocycles. The van der Waals surface area contributed by atoms with E-state index >= 15 is 0 Å². The average Bonchev–Trinajstić information content (AvgIpc) is 3.27. The lowest BCUT2D eigenvalue weighted by Gasteiger charge is -2.10. The fourth-order valence-electron chi connectivity index (χ4n) is 3.72. The van der Waals surface area contributed by atoms with Crippen LogP contribution in [0, 0.1) is 0 Å². The molecule has 0 atom stereocenters. The van der Waals surface area contributed by atoms with Crippen LogP contribution in [0.5, 0.6) is 0 Å². The number of pyridine rings is 1. The molecule has 0 radical (unpaired) electrons. The van der Waals surface area contributed by atoms with Gasteiger partial charge in [0.15, 0.2) is 25.0 Å². The van der Waals surface area contributed by atoms with Gasteiger partial charge in [-0.25, -0.2) is 9.55 Å². The van der Waals surface area contributed by atoms with Crippen LogP contribution in [0.15, 0.2) is 96.8 Å². The molecule has 164 valence electrons. The van der Waals surface area contributed by atoms with Gasteiger partial charge in [-0.1, -0.05) is 47.1 Å². The van der Waals surface area contributed by atoms with Crippen molar-refractivity contribution in [3.63, 3.8) is 0 Å². The molecular formula is C26H26N6S+2. The lowest BCUT2D eigenvalue weighted by Crippen LogP contribution is -2.33. The second-order valence-corrected chi connectivity index (χ2v) is 9.04. The van der Waals surface area contributed by atoms with E-state index in [1.165, 1.54) is 16.8 Å². The molecule has 1 N–H and O–H groups in total. The molecule has 0 aliphatic carbocycles. The van der Waals surface area contributed by atoms with Gasteiger partial charge >= 0.3 is 5.65 Å². The van der Waals surface area contributed by atoms with Crippen LogP contribution in [0.2, 0.25) is 0 Å². The van der Waals surface area contributed by atoms with Crippen LogP contribution in [0.3, 0.4) is 0 Å². The Balaban J connectivity index is 1.32. The molecule has 33 heavy (non-hydrogen) atoms. The first-order valence-electron chi connectivity index (χ1n) is 10.8. The van der Waals surface area contributed by atoms with Gasteiger partial charge in [-0.3, -0.25) is 4.98 Å². The van der Waals surface area contributed by atoms with Gasteiger partial charge in [0, 0.05) is 49.8 Å². The molecule has 0 bridgehead atoms. The molecule has 7 heteroatoms. The molecule has 2 aromatic carbocycles. The highest BCUT2D eigenvalue weighted by atomic mass is 32.2. The molecule has 0 aliphatic rings. The van der Waals surface area contributed by atoms with Crippen LogP contribution in [-0.2, 0) is 12.3 Å². The van der Waals surface area contributed by atoms with E-state index in [1.54, 1.807) is 18.1 Å². The lowest BCUT2D eigenvalue weighted by molar-refractivity contribution is -0.664. The number of nitrogens with zero attached hydrogens (tertiary/aromatic N) is 5. The van der Waals surface area contributed by atoms with Crippen molar-refractivity contribution in [3.05, 3.63) is 103 Å². The molecule has 6 nitrogen and oxygen atoms in total. The maximum atomic E-state index is 4.54. The van der Waals surface area contributed by atoms with Crippen LogP contribution in [0.4, 0.5) is 5.69 Å². The van der Waals surface area contributed by atoms with Gasteiger partial charge in [0.2, 0.25) is 11.2 Å². The number of H-pyrrole nitrogens is 1. The van der Waals surface area contributed by atoms with Crippen molar-refractivity contribution in [2.24, 2.45) is 0 Å². The zero-order valence-electron chi connectivity index (χ0n) is 18.7. The minimum atomic E-state index is 0.740. The maximum absolute atomic E-state index is 4.54. The van der Waals surface area contributed by atoms with Crippen molar-refractivity contribution in [2.45, 2.75) is 17.3 Å². The summed E-state index contributed by atoms with van der Waals surface area (Å²) >= 11 is 1.72. The van der Waals surface area contributed by atoms with Crippen molar-refractivity contribution in [1.29, 1.82) is 0 Å². The van der Waals surface area contributed by atoms with E-state index in [9.17, 15) is 0 Å². The second kappa shape index (κ2) is 9.42. The molecule has 0 saturated carbocycles. The summed E-state index contributed by atoms with van der Waals surface area (Å²) < 4.78 is 4.26. The van der Waals surface area contributed by atoms with Gasteiger partial charge < -0.3 is 4.90 Å². The Morgan fingerprint density at radius 2 is 1.64 bits per heavy atom. The van der Waals surface area contributed by atoms with Gasteiger partial charge in [0.1, 0.15) is 5.03 Å². The van der Waals surface area contributed by atoms with Gasteiger partial charge in [-0.15, -0.1) is 0 Å². The number of benzene rings is 2. The van der Waals surface area contributed by atoms with E-state index < -0.39 is 0 Å². The molecule has 0 saturated heterocycles. The van der Waals surface area contributed by atoms with Crippen LogP contribution in [0.25, 0.3) is 16.9 Å². The summed E-state index contributed by atoms with van der Waals surface area (Å²) in [4.78, 5) is 14.5. The van der Waals surface area contributed by atoms with Gasteiger partial charge in [-0.2, -0.15) is 4.57 Å². The highest BCUT2D eigenvalue weighted by Crippen LogP contribution is 2.25. The van der Waals surface area contributed by atoms with Crippen LogP contribution in [-0.4, -0.2) is 29.0 Å². The number of aromatic nitrogens is 5. The van der Waals surface area contributed by atoms with Crippen molar-refractivity contribution < 1.29 is 9.13 Å². The minimum absolute atomic E-state index is 0.740. The Labute approximate surface area is 197 Å². The molecule has 5 rings (SSSR count). The third-order valence-corrected chi connectivity index (χ3v) is 6.62. The molecule has 3 heterocycles. The highest BCUT2D eigenvalue weighted by Gasteiger charge is 2.17. The van der Waals surface area contributed by atoms with Crippen molar-refractivity contribution in [2.75, 3.05) is 19.0 Å². The summed E-state index contributed by atoms with van der Waals surface area (Å²) in [5.74, 6) is 0.876. The summed E-state index contributed by atoms with van der Waals surface area (Å²) in [6.45, 7) is 0.740. The highest BCUT2D eigenvalue weighted by molar-refractivity contribution is 7.98. The summed E-state index contributed by atoms with van der Waals surface area (Å²) in [6.07, 6.45) is 7.81. The van der Waals surface area contributed by atoms with E-state index in [0.29, 0.717) is 0 Å². The van der Waals surface area contributed by atoms with Crippen LogP contribution < -0.4 is 14.0 Å². The Bertz CT molecular complexity index is 1350. The molecule has 5 aromatic rings. The van der Waals surface area contributed by atoms with Crippen LogP contribution in [0.1, 0.15) is 11.1 Å². The largest absolute Gasteiger partial charge is 0.377 e. The zero-order chi connectivity index (χ0) is 22.6. The molecule has 3 aromatic heterocycles. The summed E-state index contributed by atoms with van der Waals surface area (Å²) in [5.41, 5.74) is 6.71. The number of aromatic amines is 1. The van der Waals surface area contributed by atoms with E-state index in [1.807, 2.05) is 26.5 Å². The standard InChI is InChI=1S/C26H25N6S/c1-30(2)22-12-14-31(15-13-22)23-10-8-20(9-11-23)16-32-19-29-24-25(32)27-18-28-26(24)33-17-21-6-4-3-5-7-21/h3-15,18-19H,16-17H2,1-2H3/q+1/p+1. The topological polar surface area (TPSA) is 52.6 Å². The average molecular weight is 455 g/mol. The van der Waals surface area contributed by atoms with E-state index in [0.717, 1.165) is 34.2 Å². The number of hydrogen-bond donors (Lipinski definition) is 1. The SMILES string of the molecule is CN(C)c1cc[n+](-c2ccc(C[n+]3c[nH]c4c(SCc5ccccc5)ncnc43)cc2)cc1. The van der Waals surface area contributed by atoms with Crippen LogP contribution >= 0.6 is 11.8 Å². The zero-order valence-corrected chi connectivity index (χ0v) is 19.5. The summed E-state index contributed by atoms with van der Waals surface area (Å²) in [7, 11) is 4.10. The van der Waals surface area contributed by atoms with Crippen molar-refractivity contribution in [1.82, 2.24) is 15.0 Å². The van der Waals surface area contributed by atoms with Gasteiger partial charge in [0.25, 0.3) is 0 Å². The first kappa shape index (κ1) is 21.2. The molecule has 0 spiro atoms. The number of fused-ring (bicyclic) bond motifs is 1. The quantitative estimate of drug-likeness (QED) is 0.230. The number of anilines is 1. The monoisotopic (exact) mass is 454 g/mol. The van der Waals surface area contributed by atoms with E-state index in [-0.39, 0.29) is 0 Å². The fraction of sp³-hybridized carbons (Fsp3) is 0.154. The lowest BCUT2D eigenvalue weighted by atomic mass is 10.2. The normalized spacial score (nSPS) is 11.1.